The molecule has 7 N–H and O–H groups in total. The number of unbranched alkanes of at least 4 members (excludes halogenated alkanes) is 8. The molecule has 0 aromatic heterocycles. The van der Waals surface area contributed by atoms with Gasteiger partial charge in [0.25, 0.3) is 0 Å². The number of nitrogens with one attached hydrogen (secondary N) is 1. The van der Waals surface area contributed by atoms with Crippen molar-refractivity contribution in [1.29, 1.82) is 0 Å². The van der Waals surface area contributed by atoms with Crippen LogP contribution in [0, 0.1) is 5.92 Å². The van der Waals surface area contributed by atoms with Gasteiger partial charge in [-0.15, -0.1) is 0 Å². The van der Waals surface area contributed by atoms with E-state index in [1.807, 2.05) is 0 Å². The molecule has 1 aromatic carbocycles. The van der Waals surface area contributed by atoms with Crippen molar-refractivity contribution in [3.63, 3.8) is 0 Å². The van der Waals surface area contributed by atoms with Crippen LogP contribution in [0.5, 0.6) is 5.75 Å². The standard InChI is InChI=1S/C31H46N2O9/c1-2-3-4-7-10-13-23(34)14-11-8-5-6-9-12-15-25(31(42,30(40)41)21-27(32)36)28(37)33-26(29(38)39)20-22-16-18-24(35)19-17-22/h12,15-19,25-26,35,42H,2-11,13-14,20-21H2,1H3,(H2,32,36)(H,33,37)(H,38,39)(H,40,41)/b15-12+/t25-,26+,31+/m1/s1. The lowest BCUT2D eigenvalue weighted by Crippen LogP contribution is -2.56. The predicted octanol–water partition coefficient (Wildman–Crippen LogP) is 3.64. The molecule has 0 saturated carbocycles. The minimum absolute atomic E-state index is 0.0282. The fraction of sp³-hybridized carbons (Fsp3) is 0.581. The van der Waals surface area contributed by atoms with Crippen molar-refractivity contribution in [2.45, 2.75) is 108 Å². The van der Waals surface area contributed by atoms with Crippen LogP contribution < -0.4 is 11.1 Å². The summed E-state index contributed by atoms with van der Waals surface area (Å²) in [6.07, 6.45) is 11.6. The van der Waals surface area contributed by atoms with Crippen molar-refractivity contribution >= 4 is 29.5 Å². The largest absolute Gasteiger partial charge is 0.508 e. The molecule has 1 aromatic rings. The van der Waals surface area contributed by atoms with Gasteiger partial charge in [-0.25, -0.2) is 9.59 Å². The number of benzene rings is 1. The Morgan fingerprint density at radius 1 is 0.905 bits per heavy atom. The SMILES string of the molecule is CCCCCCCC(=O)CCCCCC/C=C/[C@H](C(=O)N[C@@H](Cc1ccc(O)cc1)C(=O)O)[C@@](O)(CC(N)=O)C(=O)O. The normalized spacial score (nSPS) is 14.1. The third-order valence-electron chi connectivity index (χ3n) is 7.07. The highest BCUT2D eigenvalue weighted by Crippen LogP contribution is 2.25. The molecule has 0 radical (unpaired) electrons. The zero-order valence-corrected chi connectivity index (χ0v) is 24.4. The number of carboxylic acids is 2. The van der Waals surface area contributed by atoms with E-state index in [-0.39, 0.29) is 18.0 Å². The molecule has 0 aliphatic heterocycles. The van der Waals surface area contributed by atoms with Crippen LogP contribution >= 0.6 is 0 Å². The van der Waals surface area contributed by atoms with Gasteiger partial charge in [0.2, 0.25) is 11.8 Å². The van der Waals surface area contributed by atoms with Crippen LogP contribution in [0.2, 0.25) is 0 Å². The van der Waals surface area contributed by atoms with Crippen LogP contribution in [-0.4, -0.2) is 61.6 Å². The molecule has 234 valence electrons. The van der Waals surface area contributed by atoms with E-state index < -0.39 is 47.7 Å². The number of primary amides is 1. The third kappa shape index (κ3) is 13.8. The quantitative estimate of drug-likeness (QED) is 0.0812. The van der Waals surface area contributed by atoms with E-state index in [2.05, 4.69) is 12.2 Å². The second-order valence-corrected chi connectivity index (χ2v) is 10.7. The summed E-state index contributed by atoms with van der Waals surface area (Å²) in [7, 11) is 0. The van der Waals surface area contributed by atoms with E-state index in [0.717, 1.165) is 51.0 Å². The molecular formula is C31H46N2O9. The molecule has 1 rings (SSSR count). The number of rotatable bonds is 23. The molecule has 0 heterocycles. The summed E-state index contributed by atoms with van der Waals surface area (Å²) in [4.78, 5) is 60.6. The number of amides is 2. The summed E-state index contributed by atoms with van der Waals surface area (Å²) in [6, 6.07) is 4.17. The van der Waals surface area contributed by atoms with Gasteiger partial charge in [0, 0.05) is 19.3 Å². The van der Waals surface area contributed by atoms with Crippen LogP contribution in [0.25, 0.3) is 0 Å². The fourth-order valence-corrected chi connectivity index (χ4v) is 4.60. The van der Waals surface area contributed by atoms with Gasteiger partial charge in [0.15, 0.2) is 5.60 Å². The first-order valence-electron chi connectivity index (χ1n) is 14.6. The van der Waals surface area contributed by atoms with Gasteiger partial charge in [-0.1, -0.05) is 69.7 Å². The number of carbonyl (C=O) groups is 5. The molecule has 11 heteroatoms. The smallest absolute Gasteiger partial charge is 0.337 e. The van der Waals surface area contributed by atoms with Crippen molar-refractivity contribution < 1.29 is 44.4 Å². The number of phenols is 1. The Balaban J connectivity index is 2.77. The summed E-state index contributed by atoms with van der Waals surface area (Å²) in [5.74, 6) is -7.07. The number of nitrogens with two attached hydrogens (primary N) is 1. The highest BCUT2D eigenvalue weighted by molar-refractivity contribution is 5.95. The molecular weight excluding hydrogens is 544 g/mol. The van der Waals surface area contributed by atoms with E-state index in [1.54, 1.807) is 0 Å². The van der Waals surface area contributed by atoms with Crippen LogP contribution in [0.1, 0.15) is 96.0 Å². The highest BCUT2D eigenvalue weighted by Gasteiger charge is 2.48. The average Bonchev–Trinajstić information content (AvgIpc) is 2.92. The number of carboxylic acid groups (broad SMARTS) is 2. The second kappa shape index (κ2) is 19.4. The van der Waals surface area contributed by atoms with Crippen LogP contribution in [0.15, 0.2) is 36.4 Å². The molecule has 0 unspecified atom stereocenters. The third-order valence-corrected chi connectivity index (χ3v) is 7.07. The number of aromatic hydroxyl groups is 1. The molecule has 0 fully saturated rings. The van der Waals surface area contributed by atoms with Crippen molar-refractivity contribution in [3.05, 3.63) is 42.0 Å². The van der Waals surface area contributed by atoms with E-state index in [1.165, 1.54) is 36.8 Å². The van der Waals surface area contributed by atoms with Crippen molar-refractivity contribution in [2.24, 2.45) is 11.7 Å². The van der Waals surface area contributed by atoms with Gasteiger partial charge >= 0.3 is 11.9 Å². The Morgan fingerprint density at radius 2 is 1.48 bits per heavy atom. The number of hydrogen-bond donors (Lipinski definition) is 6. The number of ketones is 1. The summed E-state index contributed by atoms with van der Waals surface area (Å²) in [5, 5.41) is 41.9. The molecule has 0 spiro atoms. The van der Waals surface area contributed by atoms with Crippen LogP contribution in [0.4, 0.5) is 0 Å². The van der Waals surface area contributed by atoms with E-state index in [9.17, 15) is 44.4 Å². The van der Waals surface area contributed by atoms with Crippen molar-refractivity contribution in [2.75, 3.05) is 0 Å². The van der Waals surface area contributed by atoms with Gasteiger partial charge in [0.1, 0.15) is 17.6 Å². The lowest BCUT2D eigenvalue weighted by Gasteiger charge is -2.29. The molecule has 11 nitrogen and oxygen atoms in total. The summed E-state index contributed by atoms with van der Waals surface area (Å²) in [6.45, 7) is 2.15. The van der Waals surface area contributed by atoms with Gasteiger partial charge in [0.05, 0.1) is 12.3 Å². The maximum Gasteiger partial charge on any atom is 0.337 e. The molecule has 3 atom stereocenters. The van der Waals surface area contributed by atoms with Gasteiger partial charge < -0.3 is 31.5 Å². The molecule has 42 heavy (non-hydrogen) atoms. The second-order valence-electron chi connectivity index (χ2n) is 10.7. The van der Waals surface area contributed by atoms with Crippen molar-refractivity contribution in [1.82, 2.24) is 5.32 Å². The minimum Gasteiger partial charge on any atom is -0.508 e. The topological polar surface area (TPSA) is 204 Å². The molecule has 0 aliphatic carbocycles. The van der Waals surface area contributed by atoms with Gasteiger partial charge in [-0.3, -0.25) is 14.4 Å². The maximum atomic E-state index is 13.2. The molecule has 2 amide bonds. The number of Topliss-reactive ketones (excluding diaryl/α,β-unsaturated/α-hetero) is 1. The molecule has 0 bridgehead atoms. The van der Waals surface area contributed by atoms with E-state index in [4.69, 9.17) is 5.73 Å². The Hall–Kier alpha value is -3.73. The Bertz CT molecular complexity index is 1050. The number of phenolic OH excluding ortho intramolecular Hbond substituents is 1. The number of carbonyl (C=O) groups excluding carboxylic acids is 3. The van der Waals surface area contributed by atoms with Gasteiger partial charge in [-0.2, -0.15) is 0 Å². The number of hydrogen-bond acceptors (Lipinski definition) is 7. The minimum atomic E-state index is -2.90. The zero-order valence-electron chi connectivity index (χ0n) is 24.4. The van der Waals surface area contributed by atoms with Crippen LogP contribution in [0.3, 0.4) is 0 Å². The van der Waals surface area contributed by atoms with Gasteiger partial charge in [-0.05, 0) is 43.4 Å². The molecule has 0 aliphatic rings. The van der Waals surface area contributed by atoms with Crippen LogP contribution in [-0.2, 0) is 30.4 Å². The van der Waals surface area contributed by atoms with E-state index >= 15 is 0 Å². The fourth-order valence-electron chi connectivity index (χ4n) is 4.60. The first kappa shape index (κ1) is 36.3. The van der Waals surface area contributed by atoms with E-state index in [0.29, 0.717) is 31.2 Å². The number of allylic oxidation sites excluding steroid dienone is 1. The number of aliphatic carboxylic acids is 2. The van der Waals surface area contributed by atoms with Crippen molar-refractivity contribution in [3.8, 4) is 5.75 Å². The summed E-state index contributed by atoms with van der Waals surface area (Å²) in [5.41, 5.74) is 2.73. The molecule has 0 saturated heterocycles. The number of aliphatic hydroxyl groups is 1. The lowest BCUT2D eigenvalue weighted by atomic mass is 9.82. The maximum absolute atomic E-state index is 13.2. The summed E-state index contributed by atoms with van der Waals surface area (Å²) >= 11 is 0. The summed E-state index contributed by atoms with van der Waals surface area (Å²) < 4.78 is 0. The Labute approximate surface area is 247 Å². The Kier molecular flexibility index (Phi) is 16.8. The highest BCUT2D eigenvalue weighted by atomic mass is 16.4. The average molecular weight is 591 g/mol. The predicted molar refractivity (Wildman–Crippen MR) is 156 cm³/mol. The zero-order chi connectivity index (χ0) is 31.5. The first-order valence-corrected chi connectivity index (χ1v) is 14.6. The monoisotopic (exact) mass is 590 g/mol. The lowest BCUT2D eigenvalue weighted by molar-refractivity contribution is -0.169. The first-order chi connectivity index (χ1) is 19.9. The Morgan fingerprint density at radius 3 is 2.00 bits per heavy atom.